The summed E-state index contributed by atoms with van der Waals surface area (Å²) in [5.74, 6) is 0. The van der Waals surface area contributed by atoms with E-state index >= 15 is 0 Å². The zero-order valence-corrected chi connectivity index (χ0v) is 12.3. The number of hydrogen-bond acceptors (Lipinski definition) is 3. The molecule has 0 aliphatic heterocycles. The quantitative estimate of drug-likeness (QED) is 0.337. The van der Waals surface area contributed by atoms with Crippen LogP contribution in [0.2, 0.25) is 0 Å². The zero-order valence-electron chi connectivity index (χ0n) is 11.5. The molecular formula is C11H20F3LiO3S. The molecule has 0 N–H and O–H groups in total. The Morgan fingerprint density at radius 1 is 1.05 bits per heavy atom. The van der Waals surface area contributed by atoms with Crippen LogP contribution < -0.4 is 18.9 Å². The molecule has 1 atom stereocenters. The molecule has 110 valence electrons. The third-order valence-corrected chi connectivity index (χ3v) is 3.68. The van der Waals surface area contributed by atoms with Gasteiger partial charge in [-0.15, -0.1) is 0 Å². The Labute approximate surface area is 125 Å². The van der Waals surface area contributed by atoms with Gasteiger partial charge in [0, 0.05) is 0 Å². The molecule has 0 rings (SSSR count). The second kappa shape index (κ2) is 10.1. The number of halogens is 3. The number of unbranched alkanes of at least 4 members (excludes halogenated alkanes) is 6. The SMILES string of the molecule is CCCCCCCCCC(F)C(F)(F)S(=O)(=O)[O-].[Li+]. The minimum atomic E-state index is -5.91. The molecule has 0 spiro atoms. The summed E-state index contributed by atoms with van der Waals surface area (Å²) in [5, 5.41) is -4.81. The smallest absolute Gasteiger partial charge is 0.743 e. The van der Waals surface area contributed by atoms with Crippen LogP contribution in [0.5, 0.6) is 0 Å². The summed E-state index contributed by atoms with van der Waals surface area (Å²) in [6.45, 7) is 2.07. The van der Waals surface area contributed by atoms with Crippen LogP contribution >= 0.6 is 0 Å². The van der Waals surface area contributed by atoms with Crippen LogP contribution in [0.4, 0.5) is 13.2 Å². The van der Waals surface area contributed by atoms with E-state index in [0.717, 1.165) is 32.1 Å². The van der Waals surface area contributed by atoms with Crippen molar-refractivity contribution in [1.29, 1.82) is 0 Å². The van der Waals surface area contributed by atoms with Crippen LogP contribution in [0.25, 0.3) is 0 Å². The minimum absolute atomic E-state index is 0. The normalized spacial score (nSPS) is 13.9. The van der Waals surface area contributed by atoms with Gasteiger partial charge in [-0.2, -0.15) is 8.78 Å². The van der Waals surface area contributed by atoms with Gasteiger partial charge in [0.15, 0.2) is 16.3 Å². The van der Waals surface area contributed by atoms with Crippen molar-refractivity contribution in [2.75, 3.05) is 0 Å². The van der Waals surface area contributed by atoms with Gasteiger partial charge in [0.1, 0.15) is 0 Å². The van der Waals surface area contributed by atoms with Gasteiger partial charge < -0.3 is 4.55 Å². The van der Waals surface area contributed by atoms with Crippen molar-refractivity contribution in [3.05, 3.63) is 0 Å². The van der Waals surface area contributed by atoms with Crippen molar-refractivity contribution in [2.24, 2.45) is 0 Å². The molecule has 0 bridgehead atoms. The molecule has 0 fully saturated rings. The molecule has 0 aliphatic rings. The summed E-state index contributed by atoms with van der Waals surface area (Å²) < 4.78 is 68.9. The molecule has 0 radical (unpaired) electrons. The first-order valence-corrected chi connectivity index (χ1v) is 7.61. The minimum Gasteiger partial charge on any atom is -0.743 e. The molecule has 8 heteroatoms. The summed E-state index contributed by atoms with van der Waals surface area (Å²) in [4.78, 5) is 0. The predicted molar refractivity (Wildman–Crippen MR) is 62.2 cm³/mol. The van der Waals surface area contributed by atoms with Gasteiger partial charge in [0.2, 0.25) is 0 Å². The van der Waals surface area contributed by atoms with E-state index in [1.54, 1.807) is 0 Å². The van der Waals surface area contributed by atoms with E-state index in [0.29, 0.717) is 6.42 Å². The van der Waals surface area contributed by atoms with E-state index in [4.69, 9.17) is 0 Å². The Balaban J connectivity index is 0. The largest absolute Gasteiger partial charge is 1.00 e. The standard InChI is InChI=1S/C11H21F3O3S.Li/c1-2-3-4-5-6-7-8-9-10(12)11(13,14)18(15,16)17;/h10H,2-9H2,1H3,(H,15,16,17);/q;+1/p-1. The van der Waals surface area contributed by atoms with E-state index in [2.05, 4.69) is 6.92 Å². The summed E-state index contributed by atoms with van der Waals surface area (Å²) in [7, 11) is -5.91. The maximum Gasteiger partial charge on any atom is 1.00 e. The summed E-state index contributed by atoms with van der Waals surface area (Å²) >= 11 is 0. The topological polar surface area (TPSA) is 57.2 Å². The molecule has 0 saturated carbocycles. The molecule has 0 heterocycles. The van der Waals surface area contributed by atoms with Crippen molar-refractivity contribution in [3.8, 4) is 0 Å². The van der Waals surface area contributed by atoms with E-state index in [1.807, 2.05) is 0 Å². The van der Waals surface area contributed by atoms with Gasteiger partial charge in [-0.3, -0.25) is 0 Å². The van der Waals surface area contributed by atoms with E-state index < -0.39 is 28.0 Å². The first kappa shape index (κ1) is 21.6. The molecule has 0 saturated heterocycles. The van der Waals surface area contributed by atoms with Crippen molar-refractivity contribution >= 4 is 10.1 Å². The average Bonchev–Trinajstić information content (AvgIpc) is 2.26. The Morgan fingerprint density at radius 3 is 1.89 bits per heavy atom. The predicted octanol–water partition coefficient (Wildman–Crippen LogP) is 0.607. The van der Waals surface area contributed by atoms with E-state index in [1.165, 1.54) is 0 Å². The van der Waals surface area contributed by atoms with Gasteiger partial charge in [-0.25, -0.2) is 12.8 Å². The maximum atomic E-state index is 13.0. The molecule has 1 unspecified atom stereocenters. The van der Waals surface area contributed by atoms with Crippen LogP contribution in [0.1, 0.15) is 58.3 Å². The summed E-state index contributed by atoms with van der Waals surface area (Å²) in [6, 6.07) is 0. The third-order valence-electron chi connectivity index (χ3n) is 2.76. The summed E-state index contributed by atoms with van der Waals surface area (Å²) in [5.41, 5.74) is 0. The van der Waals surface area contributed by atoms with Crippen LogP contribution in [-0.4, -0.2) is 24.4 Å². The van der Waals surface area contributed by atoms with E-state index in [-0.39, 0.29) is 25.3 Å². The fraction of sp³-hybridized carbons (Fsp3) is 1.00. The molecule has 0 aromatic carbocycles. The Bertz CT molecular complexity index is 323. The fourth-order valence-corrected chi connectivity index (χ4v) is 2.04. The Hall–Kier alpha value is 0.297. The molecule has 3 nitrogen and oxygen atoms in total. The second-order valence-corrected chi connectivity index (χ2v) is 5.85. The average molecular weight is 296 g/mol. The van der Waals surface area contributed by atoms with Gasteiger partial charge in [0.25, 0.3) is 0 Å². The van der Waals surface area contributed by atoms with Gasteiger partial charge in [-0.1, -0.05) is 51.9 Å². The van der Waals surface area contributed by atoms with Gasteiger partial charge >= 0.3 is 24.1 Å². The molecular weight excluding hydrogens is 276 g/mol. The van der Waals surface area contributed by atoms with Crippen molar-refractivity contribution < 1.29 is 45.0 Å². The molecule has 0 aromatic heterocycles. The first-order chi connectivity index (χ1) is 8.23. The second-order valence-electron chi connectivity index (χ2n) is 4.39. The maximum absolute atomic E-state index is 13.0. The molecule has 0 aromatic rings. The molecule has 0 amide bonds. The van der Waals surface area contributed by atoms with Crippen molar-refractivity contribution in [3.63, 3.8) is 0 Å². The van der Waals surface area contributed by atoms with E-state index in [9.17, 15) is 26.1 Å². The zero-order chi connectivity index (χ0) is 14.2. The molecule has 0 aliphatic carbocycles. The first-order valence-electron chi connectivity index (χ1n) is 6.20. The van der Waals surface area contributed by atoms with Crippen LogP contribution in [-0.2, 0) is 10.1 Å². The molecule has 19 heavy (non-hydrogen) atoms. The van der Waals surface area contributed by atoms with Gasteiger partial charge in [-0.05, 0) is 6.42 Å². The van der Waals surface area contributed by atoms with Crippen LogP contribution in [0.3, 0.4) is 0 Å². The number of hydrogen-bond donors (Lipinski definition) is 0. The Kier molecular flexibility index (Phi) is 11.5. The monoisotopic (exact) mass is 296 g/mol. The van der Waals surface area contributed by atoms with Gasteiger partial charge in [0.05, 0.1) is 0 Å². The summed E-state index contributed by atoms with van der Waals surface area (Å²) in [6.07, 6.45) is 2.26. The fourth-order valence-electron chi connectivity index (χ4n) is 1.61. The third kappa shape index (κ3) is 8.23. The van der Waals surface area contributed by atoms with Crippen LogP contribution in [0.15, 0.2) is 0 Å². The van der Waals surface area contributed by atoms with Crippen molar-refractivity contribution in [1.82, 2.24) is 0 Å². The Morgan fingerprint density at radius 2 is 1.47 bits per heavy atom. The van der Waals surface area contributed by atoms with Crippen molar-refractivity contribution in [2.45, 2.75) is 69.7 Å². The number of rotatable bonds is 10. The number of alkyl halides is 3. The van der Waals surface area contributed by atoms with Crippen LogP contribution in [0, 0.1) is 0 Å².